The van der Waals surface area contributed by atoms with Crippen LogP contribution < -0.4 is 29.6 Å². The van der Waals surface area contributed by atoms with Crippen molar-refractivity contribution < 1.29 is 57.0 Å². The van der Waals surface area contributed by atoms with Crippen molar-refractivity contribution in [3.8, 4) is 0 Å². The molecule has 23 heavy (non-hydrogen) atoms. The monoisotopic (exact) mass is 362 g/mol. The van der Waals surface area contributed by atoms with Gasteiger partial charge in [-0.2, -0.15) is 14.8 Å². The van der Waals surface area contributed by atoms with Gasteiger partial charge in [-0.05, 0) is 0 Å². The largest absolute Gasteiger partial charge is 1.00 e. The maximum atomic E-state index is 9.25. The van der Waals surface area contributed by atoms with Gasteiger partial charge in [0.15, 0.2) is 0 Å². The number of aliphatic carboxylic acids is 1. The predicted octanol–water partition coefficient (Wildman–Crippen LogP) is 1.35. The topological polar surface area (TPSA) is 112 Å². The summed E-state index contributed by atoms with van der Waals surface area (Å²) in [4.78, 5) is 9.25. The third-order valence-corrected chi connectivity index (χ3v) is 2.53. The van der Waals surface area contributed by atoms with Gasteiger partial charge in [0.2, 0.25) is 0 Å². The summed E-state index contributed by atoms with van der Waals surface area (Å²) in [5, 5.41) is 7.60. The molecule has 0 rings (SSSR count). The molecule has 0 aliphatic rings. The second-order valence-corrected chi connectivity index (χ2v) is 5.57. The molecule has 0 aliphatic heterocycles. The Hall–Kier alpha value is 0.0800. The molecule has 0 saturated heterocycles. The predicted molar refractivity (Wildman–Crippen MR) is 89.2 cm³/mol. The van der Waals surface area contributed by atoms with Gasteiger partial charge in [-0.15, -0.1) is 0 Å². The fourth-order valence-electron chi connectivity index (χ4n) is 1.49. The van der Waals surface area contributed by atoms with Gasteiger partial charge in [-0.1, -0.05) is 71.3 Å². The van der Waals surface area contributed by atoms with Crippen LogP contribution in [-0.2, 0) is 15.2 Å². The fourth-order valence-corrected chi connectivity index (χ4v) is 1.49. The van der Waals surface area contributed by atoms with E-state index in [1.807, 2.05) is 0 Å². The molecule has 0 amide bonds. The summed E-state index contributed by atoms with van der Waals surface area (Å²) < 4.78 is 31.6. The van der Waals surface area contributed by atoms with Crippen LogP contribution in [0.3, 0.4) is 0 Å². The van der Waals surface area contributed by atoms with E-state index >= 15 is 0 Å². The zero-order valence-electron chi connectivity index (χ0n) is 14.5. The smallest absolute Gasteiger partial charge is 0.478 e. The number of carboxylic acid groups (broad SMARTS) is 1. The molecule has 0 aromatic heterocycles. The summed E-state index contributed by atoms with van der Waals surface area (Å²) in [7, 11) is -4.67. The second kappa shape index (κ2) is 24.3. The van der Waals surface area contributed by atoms with Crippen molar-refractivity contribution in [3.05, 3.63) is 19.6 Å². The van der Waals surface area contributed by atoms with Crippen molar-refractivity contribution in [2.24, 2.45) is 0 Å². The summed E-state index contributed by atoms with van der Waals surface area (Å²) in [5.41, 5.74) is 0. The molecule has 0 spiro atoms. The standard InChI is InChI=1S/C12H25.C3H4O2.Na.H2O4S/c1-3-5-7-9-11-12-10-8-6-4-2;1-2-3(4)5;;1-5(2,3)4/h1,3-12H2,2H3;2H,1H2,(H,4,5);;(H2,1,2,3,4)/q-1;;+1;. The molecule has 0 heterocycles. The molecular formula is C15H31NaO6S. The first-order valence-electron chi connectivity index (χ1n) is 7.53. The molecule has 8 heteroatoms. The average molecular weight is 362 g/mol. The van der Waals surface area contributed by atoms with E-state index in [0.717, 1.165) is 12.5 Å². The van der Waals surface area contributed by atoms with Gasteiger partial charge in [0.1, 0.15) is 0 Å². The Morgan fingerprint density at radius 3 is 1.48 bits per heavy atom. The van der Waals surface area contributed by atoms with Crippen LogP contribution >= 0.6 is 0 Å². The zero-order valence-corrected chi connectivity index (χ0v) is 17.4. The fraction of sp³-hybridized carbons (Fsp3) is 0.733. The van der Waals surface area contributed by atoms with Gasteiger partial charge < -0.3 is 12.0 Å². The first-order valence-corrected chi connectivity index (χ1v) is 8.93. The molecule has 0 radical (unpaired) electrons. The number of carbonyl (C=O) groups is 1. The van der Waals surface area contributed by atoms with E-state index in [2.05, 4.69) is 20.4 Å². The van der Waals surface area contributed by atoms with Gasteiger partial charge in [0.05, 0.1) is 0 Å². The Labute approximate surface area is 163 Å². The molecule has 0 bridgehead atoms. The number of hydrogen-bond acceptors (Lipinski definition) is 3. The van der Waals surface area contributed by atoms with E-state index in [9.17, 15) is 4.79 Å². The van der Waals surface area contributed by atoms with Crippen molar-refractivity contribution in [3.63, 3.8) is 0 Å². The summed E-state index contributed by atoms with van der Waals surface area (Å²) in [6.07, 6.45) is 14.7. The Morgan fingerprint density at radius 2 is 1.26 bits per heavy atom. The molecule has 3 N–H and O–H groups in total. The van der Waals surface area contributed by atoms with Gasteiger partial charge in [-0.3, -0.25) is 9.11 Å². The number of rotatable bonds is 10. The summed E-state index contributed by atoms with van der Waals surface area (Å²) in [6.45, 7) is 9.08. The van der Waals surface area contributed by atoms with Crippen LogP contribution in [0, 0.1) is 6.92 Å². The molecule has 0 unspecified atom stereocenters. The molecule has 0 aliphatic carbocycles. The minimum absolute atomic E-state index is 0. The Bertz CT molecular complexity index is 326. The molecule has 0 aromatic carbocycles. The number of unbranched alkanes of at least 4 members (excludes halogenated alkanes) is 9. The SMILES string of the molecule is C=CC(=O)O.O=S(=O)(O)O.[CH2-]CCCCCCCCCCC.[Na+]. The molecule has 0 fully saturated rings. The quantitative estimate of drug-likeness (QED) is 0.178. The van der Waals surface area contributed by atoms with Crippen LogP contribution in [0.5, 0.6) is 0 Å². The maximum Gasteiger partial charge on any atom is 1.00 e. The number of carboxylic acids is 1. The van der Waals surface area contributed by atoms with Crippen molar-refractivity contribution in [1.29, 1.82) is 0 Å². The molecule has 6 nitrogen and oxygen atoms in total. The van der Waals surface area contributed by atoms with E-state index < -0.39 is 16.4 Å². The minimum Gasteiger partial charge on any atom is -0.478 e. The maximum absolute atomic E-state index is 9.25. The van der Waals surface area contributed by atoms with Crippen molar-refractivity contribution in [2.45, 2.75) is 71.1 Å². The summed E-state index contributed by atoms with van der Waals surface area (Å²) in [6, 6.07) is 0. The van der Waals surface area contributed by atoms with Crippen molar-refractivity contribution >= 4 is 16.4 Å². The van der Waals surface area contributed by atoms with Crippen molar-refractivity contribution in [2.75, 3.05) is 0 Å². The summed E-state index contributed by atoms with van der Waals surface area (Å²) >= 11 is 0. The molecule has 0 aromatic rings. The Kier molecular flexibility index (Phi) is 32.7. The van der Waals surface area contributed by atoms with Crippen molar-refractivity contribution in [1.82, 2.24) is 0 Å². The Balaban J connectivity index is -0.000000137. The van der Waals surface area contributed by atoms with Crippen LogP contribution in [0.1, 0.15) is 71.1 Å². The van der Waals surface area contributed by atoms with Crippen LogP contribution in [0.25, 0.3) is 0 Å². The third-order valence-electron chi connectivity index (χ3n) is 2.53. The first-order chi connectivity index (χ1) is 10.2. The van der Waals surface area contributed by atoms with Crippen LogP contribution in [0.15, 0.2) is 12.7 Å². The molecule has 0 atom stereocenters. The molecule has 134 valence electrons. The van der Waals surface area contributed by atoms with E-state index in [1.165, 1.54) is 57.8 Å². The van der Waals surface area contributed by atoms with Gasteiger partial charge >= 0.3 is 45.9 Å². The van der Waals surface area contributed by atoms with E-state index in [4.69, 9.17) is 22.6 Å². The van der Waals surface area contributed by atoms with Crippen LogP contribution in [0.2, 0.25) is 0 Å². The van der Waals surface area contributed by atoms with E-state index in [0.29, 0.717) is 0 Å². The van der Waals surface area contributed by atoms with E-state index in [1.54, 1.807) is 0 Å². The van der Waals surface area contributed by atoms with E-state index in [-0.39, 0.29) is 29.6 Å². The average Bonchev–Trinajstić information content (AvgIpc) is 2.40. The van der Waals surface area contributed by atoms with Crippen LogP contribution in [0.4, 0.5) is 0 Å². The first kappa shape index (κ1) is 30.9. The third kappa shape index (κ3) is 72.5. The van der Waals surface area contributed by atoms with Gasteiger partial charge in [0.25, 0.3) is 0 Å². The minimum atomic E-state index is -4.67. The van der Waals surface area contributed by atoms with Crippen LogP contribution in [-0.4, -0.2) is 28.6 Å². The normalized spacial score (nSPS) is 9.39. The molecule has 0 saturated carbocycles. The van der Waals surface area contributed by atoms with Gasteiger partial charge in [0, 0.05) is 6.08 Å². The summed E-state index contributed by atoms with van der Waals surface area (Å²) in [5.74, 6) is -0.981. The second-order valence-electron chi connectivity index (χ2n) is 4.67. The number of hydrogen-bond donors (Lipinski definition) is 3. The molecular weight excluding hydrogens is 331 g/mol. The van der Waals surface area contributed by atoms with Gasteiger partial charge in [-0.25, -0.2) is 4.79 Å². The Morgan fingerprint density at radius 1 is 1.00 bits per heavy atom. The zero-order chi connectivity index (χ0) is 17.9.